The van der Waals surface area contributed by atoms with E-state index in [4.69, 9.17) is 23.2 Å². The van der Waals surface area contributed by atoms with Crippen LogP contribution in [0.4, 0.5) is 5.69 Å². The minimum Gasteiger partial charge on any atom is -0.480 e. The molecule has 7 heteroatoms. The Bertz CT molecular complexity index is 733. The van der Waals surface area contributed by atoms with Gasteiger partial charge in [0.05, 0.1) is 0 Å². The summed E-state index contributed by atoms with van der Waals surface area (Å²) in [5, 5.41) is 12.0. The number of carbonyl (C=O) groups excluding carboxylic acids is 1. The van der Waals surface area contributed by atoms with Gasteiger partial charge in [-0.25, -0.2) is 4.79 Å². The van der Waals surface area contributed by atoms with Crippen LogP contribution >= 0.6 is 23.2 Å². The number of amides is 1. The molecular formula is C20H22Cl2N2O3. The van der Waals surface area contributed by atoms with Gasteiger partial charge in [-0.1, -0.05) is 30.3 Å². The molecule has 1 unspecified atom stereocenters. The maximum absolute atomic E-state index is 12.2. The van der Waals surface area contributed by atoms with Gasteiger partial charge in [-0.3, -0.25) is 4.79 Å². The third-order valence-corrected chi connectivity index (χ3v) is 4.43. The summed E-state index contributed by atoms with van der Waals surface area (Å²) in [6, 6.07) is 15.1. The van der Waals surface area contributed by atoms with Gasteiger partial charge in [0.15, 0.2) is 0 Å². The number of carboxylic acid groups (broad SMARTS) is 1. The minimum absolute atomic E-state index is 0.194. The first kappa shape index (κ1) is 21.1. The molecule has 144 valence electrons. The largest absolute Gasteiger partial charge is 0.480 e. The summed E-state index contributed by atoms with van der Waals surface area (Å²) < 4.78 is 0. The summed E-state index contributed by atoms with van der Waals surface area (Å²) >= 11 is 11.7. The number of carbonyl (C=O) groups is 2. The lowest BCUT2D eigenvalue weighted by atomic mass is 10.0. The molecule has 0 aromatic heterocycles. The van der Waals surface area contributed by atoms with Gasteiger partial charge in [0, 0.05) is 42.5 Å². The van der Waals surface area contributed by atoms with E-state index in [-0.39, 0.29) is 6.42 Å². The zero-order valence-electron chi connectivity index (χ0n) is 14.8. The second-order valence-electron chi connectivity index (χ2n) is 5.97. The van der Waals surface area contributed by atoms with Crippen molar-refractivity contribution in [3.05, 3.63) is 65.7 Å². The lowest BCUT2D eigenvalue weighted by Crippen LogP contribution is -2.42. The number of benzene rings is 2. The highest BCUT2D eigenvalue weighted by Crippen LogP contribution is 2.17. The molecule has 5 nitrogen and oxygen atoms in total. The molecule has 0 aliphatic heterocycles. The second-order valence-corrected chi connectivity index (χ2v) is 6.72. The van der Waals surface area contributed by atoms with Crippen LogP contribution < -0.4 is 10.2 Å². The fraction of sp³-hybridized carbons (Fsp3) is 0.300. The van der Waals surface area contributed by atoms with E-state index in [0.29, 0.717) is 30.4 Å². The average Bonchev–Trinajstić information content (AvgIpc) is 2.68. The molecule has 0 heterocycles. The molecular weight excluding hydrogens is 387 g/mol. The average molecular weight is 409 g/mol. The number of hydrogen-bond donors (Lipinski definition) is 2. The van der Waals surface area contributed by atoms with Gasteiger partial charge in [-0.05, 0) is 29.8 Å². The zero-order valence-corrected chi connectivity index (χ0v) is 16.3. The third-order valence-electron chi connectivity index (χ3n) is 4.09. The predicted molar refractivity (Wildman–Crippen MR) is 109 cm³/mol. The van der Waals surface area contributed by atoms with E-state index in [1.807, 2.05) is 24.3 Å². The third kappa shape index (κ3) is 6.45. The Morgan fingerprint density at radius 2 is 1.56 bits per heavy atom. The van der Waals surface area contributed by atoms with Crippen molar-refractivity contribution in [2.45, 2.75) is 12.5 Å². The summed E-state index contributed by atoms with van der Waals surface area (Å²) in [4.78, 5) is 25.9. The molecule has 2 N–H and O–H groups in total. The van der Waals surface area contributed by atoms with Crippen molar-refractivity contribution in [3.8, 4) is 0 Å². The summed E-state index contributed by atoms with van der Waals surface area (Å²) in [7, 11) is 0. The molecule has 2 rings (SSSR count). The lowest BCUT2D eigenvalue weighted by Gasteiger charge is -2.23. The molecule has 0 bridgehead atoms. The maximum Gasteiger partial charge on any atom is 0.326 e. The molecule has 0 aliphatic rings. The van der Waals surface area contributed by atoms with Crippen LogP contribution in [0.1, 0.15) is 15.9 Å². The molecule has 0 saturated heterocycles. The normalized spacial score (nSPS) is 11.6. The first-order valence-electron chi connectivity index (χ1n) is 8.59. The summed E-state index contributed by atoms with van der Waals surface area (Å²) in [6.07, 6.45) is 0.194. The number of hydrogen-bond acceptors (Lipinski definition) is 3. The Balaban J connectivity index is 2.05. The topological polar surface area (TPSA) is 69.6 Å². The fourth-order valence-electron chi connectivity index (χ4n) is 2.68. The highest BCUT2D eigenvalue weighted by atomic mass is 35.5. The summed E-state index contributed by atoms with van der Waals surface area (Å²) in [5.74, 6) is -0.500. The van der Waals surface area contributed by atoms with Crippen LogP contribution in [0.5, 0.6) is 0 Å². The van der Waals surface area contributed by atoms with Crippen molar-refractivity contribution in [3.63, 3.8) is 0 Å². The number of nitrogens with one attached hydrogen (secondary N) is 1. The first-order valence-corrected chi connectivity index (χ1v) is 9.66. The molecule has 0 fully saturated rings. The van der Waals surface area contributed by atoms with E-state index >= 15 is 0 Å². The van der Waals surface area contributed by atoms with E-state index in [9.17, 15) is 14.7 Å². The zero-order chi connectivity index (χ0) is 19.6. The van der Waals surface area contributed by atoms with Gasteiger partial charge in [0.2, 0.25) is 0 Å². The van der Waals surface area contributed by atoms with Gasteiger partial charge in [-0.15, -0.1) is 23.2 Å². The predicted octanol–water partition coefficient (Wildman–Crippen LogP) is 3.40. The lowest BCUT2D eigenvalue weighted by molar-refractivity contribution is -0.139. The van der Waals surface area contributed by atoms with E-state index < -0.39 is 17.9 Å². The number of halogens is 2. The molecule has 2 aromatic rings. The quantitative estimate of drug-likeness (QED) is 0.591. The van der Waals surface area contributed by atoms with E-state index in [0.717, 1.165) is 11.3 Å². The molecule has 0 spiro atoms. The fourth-order valence-corrected chi connectivity index (χ4v) is 3.09. The van der Waals surface area contributed by atoms with Crippen molar-refractivity contribution >= 4 is 40.8 Å². The molecule has 0 aliphatic carbocycles. The Labute approximate surface area is 168 Å². The van der Waals surface area contributed by atoms with Gasteiger partial charge in [0.1, 0.15) is 6.04 Å². The van der Waals surface area contributed by atoms with Crippen LogP contribution in [-0.2, 0) is 11.2 Å². The second kappa shape index (κ2) is 10.8. The molecule has 1 amide bonds. The smallest absolute Gasteiger partial charge is 0.326 e. The van der Waals surface area contributed by atoms with Crippen LogP contribution in [0, 0.1) is 0 Å². The van der Waals surface area contributed by atoms with E-state index in [1.165, 1.54) is 0 Å². The van der Waals surface area contributed by atoms with Gasteiger partial charge < -0.3 is 15.3 Å². The van der Waals surface area contributed by atoms with Crippen LogP contribution in [0.2, 0.25) is 0 Å². The van der Waals surface area contributed by atoms with Crippen molar-refractivity contribution < 1.29 is 14.7 Å². The van der Waals surface area contributed by atoms with Crippen molar-refractivity contribution in [1.82, 2.24) is 5.32 Å². The number of nitrogens with zero attached hydrogens (tertiary/aromatic N) is 1. The number of alkyl halides is 2. The van der Waals surface area contributed by atoms with Crippen LogP contribution in [0.15, 0.2) is 54.6 Å². The van der Waals surface area contributed by atoms with Crippen molar-refractivity contribution in [2.75, 3.05) is 29.7 Å². The Hall–Kier alpha value is -2.24. The van der Waals surface area contributed by atoms with Crippen LogP contribution in [0.25, 0.3) is 0 Å². The Morgan fingerprint density at radius 3 is 2.07 bits per heavy atom. The molecule has 27 heavy (non-hydrogen) atoms. The van der Waals surface area contributed by atoms with Crippen molar-refractivity contribution in [1.29, 1.82) is 0 Å². The van der Waals surface area contributed by atoms with Gasteiger partial charge in [-0.2, -0.15) is 0 Å². The number of aliphatic carboxylic acids is 1. The Morgan fingerprint density at radius 1 is 0.963 bits per heavy atom. The standard InChI is InChI=1S/C20H22Cl2N2O3/c21-10-12-24(13-11-22)17-8-6-15(7-9-17)14-18(20(26)27)23-19(25)16-4-2-1-3-5-16/h1-9,18H,10-14H2,(H,23,25)(H,26,27). The van der Waals surface area contributed by atoms with Crippen LogP contribution in [0.3, 0.4) is 0 Å². The number of anilines is 1. The number of carboxylic acids is 1. The highest BCUT2D eigenvalue weighted by molar-refractivity contribution is 6.18. The molecule has 1 atom stereocenters. The maximum atomic E-state index is 12.2. The highest BCUT2D eigenvalue weighted by Gasteiger charge is 2.21. The monoisotopic (exact) mass is 408 g/mol. The SMILES string of the molecule is O=C(NC(Cc1ccc(N(CCCl)CCCl)cc1)C(=O)O)c1ccccc1. The molecule has 2 aromatic carbocycles. The van der Waals surface area contributed by atoms with Crippen molar-refractivity contribution in [2.24, 2.45) is 0 Å². The molecule has 0 saturated carbocycles. The van der Waals surface area contributed by atoms with Gasteiger partial charge >= 0.3 is 5.97 Å². The molecule has 0 radical (unpaired) electrons. The summed E-state index contributed by atoms with van der Waals surface area (Å²) in [6.45, 7) is 1.36. The van der Waals surface area contributed by atoms with Crippen LogP contribution in [-0.4, -0.2) is 47.9 Å². The van der Waals surface area contributed by atoms with E-state index in [1.54, 1.807) is 30.3 Å². The van der Waals surface area contributed by atoms with E-state index in [2.05, 4.69) is 10.2 Å². The Kier molecular flexibility index (Phi) is 8.43. The number of rotatable bonds is 10. The first-order chi connectivity index (χ1) is 13.0. The minimum atomic E-state index is -1.07. The van der Waals surface area contributed by atoms with Gasteiger partial charge in [0.25, 0.3) is 5.91 Å². The summed E-state index contributed by atoms with van der Waals surface area (Å²) in [5.41, 5.74) is 2.22.